The van der Waals surface area contributed by atoms with Crippen molar-refractivity contribution in [1.82, 2.24) is 15.0 Å². The molecular formula is C14H14N4O3. The minimum absolute atomic E-state index is 0.0892. The fourth-order valence-electron chi connectivity index (χ4n) is 2.55. The highest BCUT2D eigenvalue weighted by molar-refractivity contribution is 5.95. The van der Waals surface area contributed by atoms with Crippen molar-refractivity contribution in [2.75, 3.05) is 11.4 Å². The fraction of sp³-hybridized carbons (Fsp3) is 0.286. The van der Waals surface area contributed by atoms with Gasteiger partial charge in [-0.1, -0.05) is 23.4 Å². The van der Waals surface area contributed by atoms with Crippen LogP contribution < -0.4 is 4.90 Å². The second-order valence-electron chi connectivity index (χ2n) is 4.86. The number of carbonyl (C=O) groups excluding carboxylic acids is 1. The maximum atomic E-state index is 12.4. The number of anilines is 1. The van der Waals surface area contributed by atoms with E-state index in [-0.39, 0.29) is 18.1 Å². The van der Waals surface area contributed by atoms with Crippen LogP contribution in [0.25, 0.3) is 0 Å². The van der Waals surface area contributed by atoms with E-state index >= 15 is 0 Å². The molecule has 2 heterocycles. The molecule has 108 valence electrons. The smallest absolute Gasteiger partial charge is 0.355 e. The summed E-state index contributed by atoms with van der Waals surface area (Å²) >= 11 is 0. The Labute approximate surface area is 120 Å². The summed E-state index contributed by atoms with van der Waals surface area (Å²) in [6.07, 6.45) is 2.98. The van der Waals surface area contributed by atoms with E-state index in [9.17, 15) is 9.59 Å². The van der Waals surface area contributed by atoms with Gasteiger partial charge in [0.15, 0.2) is 5.69 Å². The molecule has 0 saturated carbocycles. The average molecular weight is 286 g/mol. The Balaban J connectivity index is 1.84. The largest absolute Gasteiger partial charge is 0.476 e. The first-order chi connectivity index (χ1) is 10.2. The molecule has 3 rings (SSSR count). The maximum Gasteiger partial charge on any atom is 0.355 e. The Bertz CT molecular complexity index is 695. The van der Waals surface area contributed by atoms with Crippen LogP contribution in [0.3, 0.4) is 0 Å². The molecule has 1 N–H and O–H groups in total. The van der Waals surface area contributed by atoms with E-state index in [0.717, 1.165) is 35.0 Å². The lowest BCUT2D eigenvalue weighted by Crippen LogP contribution is -2.38. The van der Waals surface area contributed by atoms with Gasteiger partial charge < -0.3 is 10.0 Å². The van der Waals surface area contributed by atoms with Gasteiger partial charge in [0.1, 0.15) is 6.54 Å². The number of aromatic carboxylic acids is 1. The van der Waals surface area contributed by atoms with E-state index in [2.05, 4.69) is 10.3 Å². The maximum absolute atomic E-state index is 12.4. The van der Waals surface area contributed by atoms with Crippen molar-refractivity contribution in [1.29, 1.82) is 0 Å². The number of aryl methyl sites for hydroxylation is 1. The number of carboxylic acids is 1. The number of carbonyl (C=O) groups is 2. The van der Waals surface area contributed by atoms with Crippen molar-refractivity contribution in [2.45, 2.75) is 19.4 Å². The molecule has 0 aliphatic carbocycles. The van der Waals surface area contributed by atoms with Crippen molar-refractivity contribution < 1.29 is 14.7 Å². The number of fused-ring (bicyclic) bond motifs is 1. The van der Waals surface area contributed by atoms with E-state index in [1.165, 1.54) is 0 Å². The van der Waals surface area contributed by atoms with E-state index in [1.807, 2.05) is 24.3 Å². The lowest BCUT2D eigenvalue weighted by atomic mass is 10.0. The molecule has 1 aliphatic rings. The van der Waals surface area contributed by atoms with E-state index in [0.29, 0.717) is 6.54 Å². The van der Waals surface area contributed by atoms with Gasteiger partial charge in [0.2, 0.25) is 5.91 Å². The zero-order valence-corrected chi connectivity index (χ0v) is 11.3. The van der Waals surface area contributed by atoms with Gasteiger partial charge in [-0.15, -0.1) is 5.10 Å². The topological polar surface area (TPSA) is 88.3 Å². The van der Waals surface area contributed by atoms with Crippen LogP contribution in [-0.2, 0) is 17.8 Å². The first kappa shape index (κ1) is 13.3. The Morgan fingerprint density at radius 2 is 2.10 bits per heavy atom. The van der Waals surface area contributed by atoms with Gasteiger partial charge in [-0.3, -0.25) is 4.79 Å². The molecule has 0 unspecified atom stereocenters. The minimum Gasteiger partial charge on any atom is -0.476 e. The summed E-state index contributed by atoms with van der Waals surface area (Å²) in [7, 11) is 0. The summed E-state index contributed by atoms with van der Waals surface area (Å²) in [5.74, 6) is -1.33. The number of aromatic nitrogens is 3. The van der Waals surface area contributed by atoms with Crippen molar-refractivity contribution in [3.8, 4) is 0 Å². The molecule has 0 atom stereocenters. The molecule has 0 spiro atoms. The van der Waals surface area contributed by atoms with Gasteiger partial charge in [-0.2, -0.15) is 0 Å². The van der Waals surface area contributed by atoms with Crippen LogP contribution in [0, 0.1) is 0 Å². The number of para-hydroxylation sites is 1. The second-order valence-corrected chi connectivity index (χ2v) is 4.86. The fourth-order valence-corrected chi connectivity index (χ4v) is 2.55. The monoisotopic (exact) mass is 286 g/mol. The first-order valence-corrected chi connectivity index (χ1v) is 6.67. The van der Waals surface area contributed by atoms with Crippen LogP contribution in [0.2, 0.25) is 0 Å². The third-order valence-corrected chi connectivity index (χ3v) is 3.53. The third-order valence-electron chi connectivity index (χ3n) is 3.53. The Morgan fingerprint density at radius 1 is 1.29 bits per heavy atom. The quantitative estimate of drug-likeness (QED) is 0.907. The number of rotatable bonds is 3. The van der Waals surface area contributed by atoms with Gasteiger partial charge in [-0.05, 0) is 24.5 Å². The van der Waals surface area contributed by atoms with Crippen molar-refractivity contribution in [2.24, 2.45) is 0 Å². The predicted octanol–water partition coefficient (Wildman–Crippen LogP) is 0.956. The second kappa shape index (κ2) is 5.35. The Morgan fingerprint density at radius 3 is 2.90 bits per heavy atom. The lowest BCUT2D eigenvalue weighted by Gasteiger charge is -2.29. The van der Waals surface area contributed by atoms with Crippen LogP contribution in [0.5, 0.6) is 0 Å². The summed E-state index contributed by atoms with van der Waals surface area (Å²) < 4.78 is 1.11. The highest BCUT2D eigenvalue weighted by Gasteiger charge is 2.24. The molecule has 1 aromatic heterocycles. The standard InChI is InChI=1S/C14H14N4O3/c19-13(9-18-12(14(20)21)8-15-16-18)17-7-3-5-10-4-1-2-6-11(10)17/h1-2,4,6,8H,3,5,7,9H2,(H,20,21). The lowest BCUT2D eigenvalue weighted by molar-refractivity contribution is -0.119. The first-order valence-electron chi connectivity index (χ1n) is 6.67. The van der Waals surface area contributed by atoms with Crippen LogP contribution in [0.15, 0.2) is 30.5 Å². The van der Waals surface area contributed by atoms with Gasteiger partial charge in [0.25, 0.3) is 0 Å². The van der Waals surface area contributed by atoms with Crippen molar-refractivity contribution in [3.05, 3.63) is 41.7 Å². The molecule has 0 bridgehead atoms. The number of benzene rings is 1. The third kappa shape index (κ3) is 2.49. The minimum atomic E-state index is -1.15. The molecule has 1 aliphatic heterocycles. The van der Waals surface area contributed by atoms with Gasteiger partial charge in [0, 0.05) is 12.2 Å². The van der Waals surface area contributed by atoms with Crippen molar-refractivity contribution in [3.63, 3.8) is 0 Å². The summed E-state index contributed by atoms with van der Waals surface area (Å²) in [5, 5.41) is 16.2. The molecular weight excluding hydrogens is 272 g/mol. The molecule has 21 heavy (non-hydrogen) atoms. The molecule has 0 saturated heterocycles. The highest BCUT2D eigenvalue weighted by Crippen LogP contribution is 2.26. The summed E-state index contributed by atoms with van der Waals surface area (Å²) in [4.78, 5) is 25.1. The van der Waals surface area contributed by atoms with Crippen molar-refractivity contribution >= 4 is 17.6 Å². The number of hydrogen-bond acceptors (Lipinski definition) is 4. The highest BCUT2D eigenvalue weighted by atomic mass is 16.4. The predicted molar refractivity (Wildman–Crippen MR) is 74.1 cm³/mol. The Hall–Kier alpha value is -2.70. The molecule has 1 aromatic carbocycles. The number of carboxylic acid groups (broad SMARTS) is 1. The zero-order valence-electron chi connectivity index (χ0n) is 11.3. The molecule has 2 aromatic rings. The normalized spacial score (nSPS) is 13.8. The van der Waals surface area contributed by atoms with E-state index < -0.39 is 5.97 Å². The zero-order chi connectivity index (χ0) is 14.8. The summed E-state index contributed by atoms with van der Waals surface area (Å²) in [5.41, 5.74) is 1.94. The van der Waals surface area contributed by atoms with Gasteiger partial charge in [-0.25, -0.2) is 9.48 Å². The summed E-state index contributed by atoms with van der Waals surface area (Å²) in [6.45, 7) is 0.503. The van der Waals surface area contributed by atoms with Crippen LogP contribution in [0.4, 0.5) is 5.69 Å². The molecule has 1 amide bonds. The van der Waals surface area contributed by atoms with E-state index in [4.69, 9.17) is 5.11 Å². The molecule has 0 fully saturated rings. The summed E-state index contributed by atoms with van der Waals surface area (Å²) in [6, 6.07) is 7.76. The number of amides is 1. The molecule has 7 nitrogen and oxygen atoms in total. The number of nitrogens with zero attached hydrogens (tertiary/aromatic N) is 4. The van der Waals surface area contributed by atoms with E-state index in [1.54, 1.807) is 4.90 Å². The Kier molecular flexibility index (Phi) is 3.39. The van der Waals surface area contributed by atoms with Crippen LogP contribution in [-0.4, -0.2) is 38.5 Å². The van der Waals surface area contributed by atoms with Gasteiger partial charge in [0.05, 0.1) is 6.20 Å². The van der Waals surface area contributed by atoms with Crippen LogP contribution >= 0.6 is 0 Å². The molecule has 0 radical (unpaired) electrons. The SMILES string of the molecule is O=C(O)c1cnnn1CC(=O)N1CCCc2ccccc21. The number of hydrogen-bond donors (Lipinski definition) is 1. The average Bonchev–Trinajstić information content (AvgIpc) is 2.95. The van der Waals surface area contributed by atoms with Gasteiger partial charge >= 0.3 is 5.97 Å². The van der Waals surface area contributed by atoms with Crippen LogP contribution in [0.1, 0.15) is 22.5 Å². The molecule has 7 heteroatoms.